The fourth-order valence-electron chi connectivity index (χ4n) is 4.12. The highest BCUT2D eigenvalue weighted by Gasteiger charge is 2.13. The minimum atomic E-state index is -0.103. The number of halogens is 1. The molecular weight excluding hydrogens is 450 g/mol. The Labute approximate surface area is 200 Å². The van der Waals surface area contributed by atoms with E-state index in [2.05, 4.69) is 45.7 Å². The van der Waals surface area contributed by atoms with E-state index in [0.717, 1.165) is 32.4 Å². The van der Waals surface area contributed by atoms with Crippen LogP contribution < -0.4 is 5.32 Å². The third-order valence-corrected chi connectivity index (χ3v) is 6.99. The molecule has 0 aliphatic carbocycles. The van der Waals surface area contributed by atoms with E-state index in [1.165, 1.54) is 10.3 Å². The van der Waals surface area contributed by atoms with Crippen LogP contribution in [0.1, 0.15) is 27.0 Å². The van der Waals surface area contributed by atoms with Gasteiger partial charge in [0.2, 0.25) is 0 Å². The summed E-state index contributed by atoms with van der Waals surface area (Å²) in [7, 11) is 0. The third kappa shape index (κ3) is 4.36. The Morgan fingerprint density at radius 2 is 1.88 bits per heavy atom. The summed E-state index contributed by atoms with van der Waals surface area (Å²) in [6, 6.07) is 23.6. The van der Waals surface area contributed by atoms with Crippen molar-refractivity contribution in [3.63, 3.8) is 0 Å². The molecule has 0 fully saturated rings. The van der Waals surface area contributed by atoms with Gasteiger partial charge in [0, 0.05) is 45.5 Å². The van der Waals surface area contributed by atoms with Gasteiger partial charge in [0.1, 0.15) is 0 Å². The summed E-state index contributed by atoms with van der Waals surface area (Å²) in [5, 5.41) is 17.4. The molecule has 0 unspecified atom stereocenters. The Balaban J connectivity index is 1.44. The van der Waals surface area contributed by atoms with E-state index in [-0.39, 0.29) is 5.91 Å². The predicted octanol–water partition coefficient (Wildman–Crippen LogP) is 6.55. The molecule has 2 aromatic heterocycles. The molecule has 6 heteroatoms. The molecule has 162 valence electrons. The van der Waals surface area contributed by atoms with E-state index in [1.54, 1.807) is 23.5 Å². The number of rotatable bonds is 6. The van der Waals surface area contributed by atoms with Crippen molar-refractivity contribution in [2.24, 2.45) is 0 Å². The van der Waals surface area contributed by atoms with Crippen LogP contribution in [0.3, 0.4) is 0 Å². The lowest BCUT2D eigenvalue weighted by atomic mass is 10.1. The molecule has 0 saturated heterocycles. The van der Waals surface area contributed by atoms with E-state index in [4.69, 9.17) is 11.6 Å². The van der Waals surface area contributed by atoms with Crippen LogP contribution in [0.2, 0.25) is 5.02 Å². The van der Waals surface area contributed by atoms with E-state index in [0.29, 0.717) is 25.1 Å². The highest BCUT2D eigenvalue weighted by atomic mass is 35.5. The zero-order chi connectivity index (χ0) is 22.8. The molecule has 5 aromatic rings. The molecule has 1 N–H and O–H groups in total. The molecule has 0 saturated carbocycles. The Kier molecular flexibility index (Phi) is 5.87. The minimum Gasteiger partial charge on any atom is -0.348 e. The first-order valence-corrected chi connectivity index (χ1v) is 11.8. The molecule has 0 atom stereocenters. The minimum absolute atomic E-state index is 0.103. The molecule has 0 aliphatic heterocycles. The molecule has 1 amide bonds. The number of aromatic nitrogens is 1. The number of thiophene rings is 1. The lowest BCUT2D eigenvalue weighted by Gasteiger charge is -2.08. The second kappa shape index (κ2) is 9.11. The maximum atomic E-state index is 12.4. The van der Waals surface area contributed by atoms with Crippen molar-refractivity contribution in [3.8, 4) is 6.07 Å². The van der Waals surface area contributed by atoms with Crippen molar-refractivity contribution in [1.82, 2.24) is 9.88 Å². The van der Waals surface area contributed by atoms with Crippen LogP contribution in [-0.4, -0.2) is 10.5 Å². The molecule has 2 heterocycles. The second-order valence-electron chi connectivity index (χ2n) is 7.92. The Morgan fingerprint density at radius 3 is 2.70 bits per heavy atom. The molecule has 4 nitrogen and oxygen atoms in total. The van der Waals surface area contributed by atoms with Crippen LogP contribution in [0.15, 0.2) is 78.3 Å². The van der Waals surface area contributed by atoms with Crippen molar-refractivity contribution in [3.05, 3.63) is 106 Å². The van der Waals surface area contributed by atoms with Crippen LogP contribution in [-0.2, 0) is 19.5 Å². The van der Waals surface area contributed by atoms with Gasteiger partial charge in [0.05, 0.1) is 12.5 Å². The predicted molar refractivity (Wildman–Crippen MR) is 135 cm³/mol. The average Bonchev–Trinajstić information content (AvgIpc) is 3.39. The summed E-state index contributed by atoms with van der Waals surface area (Å²) in [5.74, 6) is -0.103. The number of nitrogens with one attached hydrogen (secondary N) is 1. The van der Waals surface area contributed by atoms with E-state index >= 15 is 0 Å². The maximum absolute atomic E-state index is 12.4. The average molecular weight is 470 g/mol. The van der Waals surface area contributed by atoms with Crippen molar-refractivity contribution in [1.29, 1.82) is 5.26 Å². The number of hydrogen-bond donors (Lipinski definition) is 1. The molecule has 0 spiro atoms. The quantitative estimate of drug-likeness (QED) is 0.306. The maximum Gasteiger partial charge on any atom is 0.251 e. The molecule has 33 heavy (non-hydrogen) atoms. The fraction of sp³-hybridized carbons (Fsp3) is 0.111. The van der Waals surface area contributed by atoms with Crippen LogP contribution in [0.25, 0.3) is 21.0 Å². The van der Waals surface area contributed by atoms with Gasteiger partial charge in [-0.3, -0.25) is 4.79 Å². The first kappa shape index (κ1) is 21.3. The summed E-state index contributed by atoms with van der Waals surface area (Å²) in [4.78, 5) is 12.4. The molecule has 0 radical (unpaired) electrons. The van der Waals surface area contributed by atoms with Gasteiger partial charge in [-0.2, -0.15) is 5.26 Å². The van der Waals surface area contributed by atoms with Crippen LogP contribution in [0, 0.1) is 11.3 Å². The molecular formula is C27H20ClN3OS. The van der Waals surface area contributed by atoms with Gasteiger partial charge >= 0.3 is 0 Å². The Morgan fingerprint density at radius 1 is 1.03 bits per heavy atom. The molecule has 0 aliphatic rings. The molecule has 3 aromatic carbocycles. The molecule has 5 rings (SSSR count). The Bertz CT molecular complexity index is 1510. The lowest BCUT2D eigenvalue weighted by Crippen LogP contribution is -2.22. The number of hydrogen-bond acceptors (Lipinski definition) is 3. The number of carbonyl (C=O) groups is 1. The van der Waals surface area contributed by atoms with Crippen molar-refractivity contribution >= 4 is 49.8 Å². The van der Waals surface area contributed by atoms with Crippen LogP contribution in [0.4, 0.5) is 0 Å². The van der Waals surface area contributed by atoms with E-state index < -0.39 is 0 Å². The summed E-state index contributed by atoms with van der Waals surface area (Å²) in [5.41, 5.74) is 4.90. The summed E-state index contributed by atoms with van der Waals surface area (Å²) in [6.07, 6.45) is 2.40. The normalized spacial score (nSPS) is 11.0. The van der Waals surface area contributed by atoms with Crippen LogP contribution in [0.5, 0.6) is 0 Å². The van der Waals surface area contributed by atoms with E-state index in [1.807, 2.05) is 36.4 Å². The van der Waals surface area contributed by atoms with Gasteiger partial charge in [-0.05, 0) is 69.9 Å². The van der Waals surface area contributed by atoms with Crippen molar-refractivity contribution < 1.29 is 4.79 Å². The zero-order valence-electron chi connectivity index (χ0n) is 17.7. The highest BCUT2D eigenvalue weighted by Crippen LogP contribution is 2.31. The van der Waals surface area contributed by atoms with Gasteiger partial charge in [-0.25, -0.2) is 0 Å². The zero-order valence-corrected chi connectivity index (χ0v) is 19.3. The van der Waals surface area contributed by atoms with Gasteiger partial charge in [0.25, 0.3) is 5.91 Å². The first-order chi connectivity index (χ1) is 16.1. The number of nitriles is 1. The largest absolute Gasteiger partial charge is 0.348 e. The monoisotopic (exact) mass is 469 g/mol. The van der Waals surface area contributed by atoms with Gasteiger partial charge in [-0.15, -0.1) is 11.3 Å². The number of benzene rings is 3. The van der Waals surface area contributed by atoms with E-state index in [9.17, 15) is 10.1 Å². The number of nitrogens with zero attached hydrogens (tertiary/aromatic N) is 2. The number of carbonyl (C=O) groups excluding carboxylic acids is 1. The topological polar surface area (TPSA) is 57.8 Å². The summed E-state index contributed by atoms with van der Waals surface area (Å²) < 4.78 is 3.40. The first-order valence-electron chi connectivity index (χ1n) is 10.6. The Hall–Kier alpha value is -3.59. The van der Waals surface area contributed by atoms with Crippen molar-refractivity contribution in [2.45, 2.75) is 19.5 Å². The van der Waals surface area contributed by atoms with Crippen LogP contribution >= 0.6 is 22.9 Å². The smallest absolute Gasteiger partial charge is 0.251 e. The number of amides is 1. The lowest BCUT2D eigenvalue weighted by molar-refractivity contribution is 0.0951. The van der Waals surface area contributed by atoms with Gasteiger partial charge in [-0.1, -0.05) is 35.9 Å². The number of fused-ring (bicyclic) bond motifs is 2. The summed E-state index contributed by atoms with van der Waals surface area (Å²) >= 11 is 7.94. The van der Waals surface area contributed by atoms with Gasteiger partial charge in [0.15, 0.2) is 0 Å². The standard InChI is InChI=1S/C27H20ClN3OS/c28-22-7-9-26-24(13-22)21(17-33-26)16-31-15-20(10-11-29)23-12-18(6-8-25(23)31)14-30-27(32)19-4-2-1-3-5-19/h1-9,12-13,15,17H,10,14,16H2,(H,30,32). The fourth-order valence-corrected chi connectivity index (χ4v) is 5.23. The van der Waals surface area contributed by atoms with Gasteiger partial charge < -0.3 is 9.88 Å². The SMILES string of the molecule is N#CCc1cn(Cc2csc3ccc(Cl)cc23)c2ccc(CNC(=O)c3ccccc3)cc12. The molecule has 0 bridgehead atoms. The van der Waals surface area contributed by atoms with Crippen molar-refractivity contribution in [2.75, 3.05) is 0 Å². The second-order valence-corrected chi connectivity index (χ2v) is 9.27. The highest BCUT2D eigenvalue weighted by molar-refractivity contribution is 7.17. The third-order valence-electron chi connectivity index (χ3n) is 5.74. The summed E-state index contributed by atoms with van der Waals surface area (Å²) in [6.45, 7) is 1.13.